The van der Waals surface area contributed by atoms with Gasteiger partial charge in [0.2, 0.25) is 0 Å². The van der Waals surface area contributed by atoms with Gasteiger partial charge in [-0.2, -0.15) is 0 Å². The molecular weight excluding hydrogens is 333 g/mol. The van der Waals surface area contributed by atoms with Gasteiger partial charge in [-0.15, -0.1) is 0 Å². The van der Waals surface area contributed by atoms with Crippen LogP contribution in [0, 0.1) is 0 Å². The van der Waals surface area contributed by atoms with Crippen LogP contribution in [0.15, 0.2) is 35.4 Å². The summed E-state index contributed by atoms with van der Waals surface area (Å²) in [5.41, 5.74) is 1.11. The maximum Gasteiger partial charge on any atom is 0.263 e. The van der Waals surface area contributed by atoms with E-state index in [1.54, 1.807) is 6.07 Å². The first-order valence-electron chi connectivity index (χ1n) is 6.27. The number of anilines is 1. The molecule has 3 N–H and O–H groups in total. The van der Waals surface area contributed by atoms with E-state index >= 15 is 0 Å². The first kappa shape index (κ1) is 16.2. The summed E-state index contributed by atoms with van der Waals surface area (Å²) in [6.45, 7) is 3.36. The second-order valence-electron chi connectivity index (χ2n) is 4.40. The van der Waals surface area contributed by atoms with Crippen molar-refractivity contribution in [2.75, 3.05) is 11.3 Å². The van der Waals surface area contributed by atoms with Gasteiger partial charge in [0.15, 0.2) is 0 Å². The number of aromatic amines is 1. The topological polar surface area (TPSA) is 74.0 Å². The second-order valence-corrected chi connectivity index (χ2v) is 6.96. The van der Waals surface area contributed by atoms with Gasteiger partial charge in [-0.1, -0.05) is 30.1 Å². The zero-order chi connectivity index (χ0) is 15.5. The Morgan fingerprint density at radius 2 is 1.81 bits per heavy atom. The van der Waals surface area contributed by atoms with Gasteiger partial charge in [-0.05, 0) is 30.8 Å². The third kappa shape index (κ3) is 4.38. The molecule has 8 heteroatoms. The lowest BCUT2D eigenvalue weighted by atomic mass is 10.3. The number of aromatic nitrogens is 1. The van der Waals surface area contributed by atoms with Crippen molar-refractivity contribution in [3.63, 3.8) is 0 Å². The van der Waals surface area contributed by atoms with Crippen LogP contribution in [0.2, 0.25) is 10.0 Å². The summed E-state index contributed by atoms with van der Waals surface area (Å²) in [5, 5.41) is 3.84. The van der Waals surface area contributed by atoms with E-state index in [1.165, 1.54) is 24.4 Å². The van der Waals surface area contributed by atoms with Crippen molar-refractivity contribution in [1.29, 1.82) is 0 Å². The maximum absolute atomic E-state index is 12.3. The highest BCUT2D eigenvalue weighted by Crippen LogP contribution is 2.24. The van der Waals surface area contributed by atoms with Crippen LogP contribution in [0.4, 0.5) is 5.69 Å². The quantitative estimate of drug-likeness (QED) is 0.750. The molecular formula is C13H15Cl2N3O2S. The summed E-state index contributed by atoms with van der Waals surface area (Å²) >= 11 is 11.7. The number of sulfonamides is 1. The van der Waals surface area contributed by atoms with Gasteiger partial charge in [0.05, 0.1) is 5.69 Å². The molecule has 5 nitrogen and oxygen atoms in total. The van der Waals surface area contributed by atoms with Crippen molar-refractivity contribution in [1.82, 2.24) is 10.3 Å². The fraction of sp³-hybridized carbons (Fsp3) is 0.231. The highest BCUT2D eigenvalue weighted by Gasteiger charge is 2.16. The standard InChI is InChI=1S/C13H15Cl2N3O2S/c1-2-16-7-12-6-13(8-17-12)21(19,20)18-11-4-9(14)3-10(15)5-11/h3-6,8,16-18H,2,7H2,1H3. The molecule has 21 heavy (non-hydrogen) atoms. The SMILES string of the molecule is CCNCc1cc(S(=O)(=O)Nc2cc(Cl)cc(Cl)c2)c[nH]1. The molecule has 0 aliphatic carbocycles. The van der Waals surface area contributed by atoms with Crippen molar-refractivity contribution in [3.8, 4) is 0 Å². The average Bonchev–Trinajstić information content (AvgIpc) is 2.84. The number of halogens is 2. The van der Waals surface area contributed by atoms with Gasteiger partial charge in [0.1, 0.15) is 4.90 Å². The first-order valence-corrected chi connectivity index (χ1v) is 8.51. The Hall–Kier alpha value is -1.21. The van der Waals surface area contributed by atoms with Crippen molar-refractivity contribution >= 4 is 38.9 Å². The van der Waals surface area contributed by atoms with E-state index in [0.717, 1.165) is 12.2 Å². The number of benzene rings is 1. The van der Waals surface area contributed by atoms with E-state index in [0.29, 0.717) is 22.3 Å². The lowest BCUT2D eigenvalue weighted by Gasteiger charge is -2.07. The molecule has 0 fully saturated rings. The van der Waals surface area contributed by atoms with E-state index in [4.69, 9.17) is 23.2 Å². The summed E-state index contributed by atoms with van der Waals surface area (Å²) in [6, 6.07) is 6.11. The monoisotopic (exact) mass is 347 g/mol. The van der Waals surface area contributed by atoms with Crippen LogP contribution in [-0.2, 0) is 16.6 Å². The number of nitrogens with one attached hydrogen (secondary N) is 3. The van der Waals surface area contributed by atoms with Gasteiger partial charge >= 0.3 is 0 Å². The third-order valence-electron chi connectivity index (χ3n) is 2.71. The lowest BCUT2D eigenvalue weighted by Crippen LogP contribution is -2.13. The van der Waals surface area contributed by atoms with Gasteiger partial charge in [-0.3, -0.25) is 4.72 Å². The Bertz CT molecular complexity index is 709. The molecule has 1 aromatic carbocycles. The zero-order valence-electron chi connectivity index (χ0n) is 11.3. The lowest BCUT2D eigenvalue weighted by molar-refractivity contribution is 0.601. The van der Waals surface area contributed by atoms with Crippen molar-refractivity contribution in [3.05, 3.63) is 46.2 Å². The molecule has 1 aromatic heterocycles. The minimum Gasteiger partial charge on any atom is -0.363 e. The highest BCUT2D eigenvalue weighted by molar-refractivity contribution is 7.92. The molecule has 1 heterocycles. The Morgan fingerprint density at radius 3 is 2.43 bits per heavy atom. The van der Waals surface area contributed by atoms with E-state index in [1.807, 2.05) is 6.92 Å². The predicted molar refractivity (Wildman–Crippen MR) is 85.4 cm³/mol. The number of hydrogen-bond donors (Lipinski definition) is 3. The Labute approximate surface area is 133 Å². The van der Waals surface area contributed by atoms with Gasteiger partial charge in [-0.25, -0.2) is 8.42 Å². The Morgan fingerprint density at radius 1 is 1.14 bits per heavy atom. The van der Waals surface area contributed by atoms with Crippen LogP contribution in [0.25, 0.3) is 0 Å². The summed E-state index contributed by atoms with van der Waals surface area (Å²) in [6.07, 6.45) is 1.45. The predicted octanol–water partition coefficient (Wildman–Crippen LogP) is 3.23. The number of H-pyrrole nitrogens is 1. The molecule has 0 unspecified atom stereocenters. The van der Waals surface area contributed by atoms with Crippen molar-refractivity contribution < 1.29 is 8.42 Å². The second kappa shape index (κ2) is 6.70. The molecule has 0 bridgehead atoms. The summed E-state index contributed by atoms with van der Waals surface area (Å²) in [5.74, 6) is 0. The zero-order valence-corrected chi connectivity index (χ0v) is 13.6. The average molecular weight is 348 g/mol. The fourth-order valence-electron chi connectivity index (χ4n) is 1.76. The van der Waals surface area contributed by atoms with Gasteiger partial charge < -0.3 is 10.3 Å². The molecule has 0 radical (unpaired) electrons. The van der Waals surface area contributed by atoms with Crippen LogP contribution in [0.3, 0.4) is 0 Å². The Kier molecular flexibility index (Phi) is 5.16. The summed E-state index contributed by atoms with van der Waals surface area (Å²) < 4.78 is 27.0. The van der Waals surface area contributed by atoms with E-state index in [-0.39, 0.29) is 4.90 Å². The molecule has 2 rings (SSSR count). The fourth-order valence-corrected chi connectivity index (χ4v) is 3.35. The molecule has 2 aromatic rings. The van der Waals surface area contributed by atoms with E-state index < -0.39 is 10.0 Å². The smallest absolute Gasteiger partial charge is 0.263 e. The molecule has 0 spiro atoms. The minimum atomic E-state index is -3.68. The normalized spacial score (nSPS) is 11.6. The van der Waals surface area contributed by atoms with Crippen LogP contribution < -0.4 is 10.0 Å². The molecule has 0 saturated heterocycles. The summed E-state index contributed by atoms with van der Waals surface area (Å²) in [7, 11) is -3.68. The van der Waals surface area contributed by atoms with E-state index in [2.05, 4.69) is 15.0 Å². The van der Waals surface area contributed by atoms with Crippen LogP contribution in [-0.4, -0.2) is 19.9 Å². The van der Waals surface area contributed by atoms with Gasteiger partial charge in [0, 0.05) is 28.5 Å². The first-order chi connectivity index (χ1) is 9.90. The maximum atomic E-state index is 12.3. The van der Waals surface area contributed by atoms with Gasteiger partial charge in [0.25, 0.3) is 10.0 Å². The molecule has 114 valence electrons. The molecule has 0 saturated carbocycles. The largest absolute Gasteiger partial charge is 0.363 e. The van der Waals surface area contributed by atoms with Crippen LogP contribution >= 0.6 is 23.2 Å². The molecule has 0 aliphatic heterocycles. The van der Waals surface area contributed by atoms with Crippen molar-refractivity contribution in [2.45, 2.75) is 18.4 Å². The third-order valence-corrected chi connectivity index (χ3v) is 4.50. The van der Waals surface area contributed by atoms with E-state index in [9.17, 15) is 8.42 Å². The van der Waals surface area contributed by atoms with Crippen molar-refractivity contribution in [2.24, 2.45) is 0 Å². The van der Waals surface area contributed by atoms with Crippen LogP contribution in [0.5, 0.6) is 0 Å². The number of hydrogen-bond acceptors (Lipinski definition) is 3. The highest BCUT2D eigenvalue weighted by atomic mass is 35.5. The minimum absolute atomic E-state index is 0.159. The van der Waals surface area contributed by atoms with Crippen LogP contribution in [0.1, 0.15) is 12.6 Å². The summed E-state index contributed by atoms with van der Waals surface area (Å²) in [4.78, 5) is 3.08. The molecule has 0 aliphatic rings. The Balaban J connectivity index is 2.19. The molecule has 0 amide bonds. The number of rotatable bonds is 6. The molecule has 0 atom stereocenters.